The van der Waals surface area contributed by atoms with Gasteiger partial charge in [0.15, 0.2) is 0 Å². The van der Waals surface area contributed by atoms with E-state index in [-0.39, 0.29) is 4.90 Å². The number of hydrogen-bond acceptors (Lipinski definition) is 4. The van der Waals surface area contributed by atoms with Crippen LogP contribution in [0.1, 0.15) is 29.7 Å². The minimum absolute atomic E-state index is 0.0945. The summed E-state index contributed by atoms with van der Waals surface area (Å²) in [5, 5.41) is 8.62. The maximum absolute atomic E-state index is 11.6. The fraction of sp³-hybridized carbons (Fsp3) is 0.500. The number of nitrogens with zero attached hydrogens (tertiary/aromatic N) is 4. The molecule has 0 unspecified atom stereocenters. The summed E-state index contributed by atoms with van der Waals surface area (Å²) in [6.07, 6.45) is 0.853. The van der Waals surface area contributed by atoms with Crippen LogP contribution in [0.25, 0.3) is 0 Å². The number of hydrogen-bond donors (Lipinski definition) is 0. The van der Waals surface area contributed by atoms with E-state index in [0.29, 0.717) is 17.9 Å². The van der Waals surface area contributed by atoms with E-state index < -0.39 is 9.05 Å². The smallest absolute Gasteiger partial charge is 0.264 e. The van der Waals surface area contributed by atoms with Crippen LogP contribution < -0.4 is 0 Å². The van der Waals surface area contributed by atoms with Crippen molar-refractivity contribution in [2.45, 2.75) is 38.6 Å². The van der Waals surface area contributed by atoms with Crippen LogP contribution in [0.3, 0.4) is 0 Å². The Labute approximate surface area is 122 Å². The van der Waals surface area contributed by atoms with Crippen molar-refractivity contribution in [1.29, 1.82) is 0 Å². The first kappa shape index (κ1) is 15.1. The quantitative estimate of drug-likeness (QED) is 0.806. The molecule has 0 aliphatic heterocycles. The Morgan fingerprint density at radius 3 is 2.40 bits per heavy atom. The molecule has 110 valence electrons. The number of aromatic nitrogens is 4. The van der Waals surface area contributed by atoms with Gasteiger partial charge in [-0.1, -0.05) is 6.92 Å². The Bertz CT molecular complexity index is 746. The molecule has 2 aromatic heterocycles. The van der Waals surface area contributed by atoms with E-state index in [2.05, 4.69) is 10.2 Å². The molecule has 0 aliphatic carbocycles. The Morgan fingerprint density at radius 2 is 1.95 bits per heavy atom. The summed E-state index contributed by atoms with van der Waals surface area (Å²) in [6, 6.07) is 1.99. The Kier molecular flexibility index (Phi) is 3.93. The molecule has 0 radical (unpaired) electrons. The monoisotopic (exact) mass is 316 g/mol. The topological polar surface area (TPSA) is 69.8 Å². The van der Waals surface area contributed by atoms with Crippen LogP contribution in [0, 0.1) is 13.8 Å². The molecular formula is C12H17ClN4O2S. The van der Waals surface area contributed by atoms with Gasteiger partial charge in [-0.15, -0.1) is 0 Å². The first-order valence-electron chi connectivity index (χ1n) is 6.24. The van der Waals surface area contributed by atoms with Gasteiger partial charge in [0.2, 0.25) is 0 Å². The van der Waals surface area contributed by atoms with E-state index in [1.54, 1.807) is 23.2 Å². The van der Waals surface area contributed by atoms with Crippen molar-refractivity contribution < 1.29 is 8.42 Å². The third-order valence-corrected chi connectivity index (χ3v) is 4.80. The zero-order valence-corrected chi connectivity index (χ0v) is 13.5. The second-order valence-electron chi connectivity index (χ2n) is 4.70. The highest BCUT2D eigenvalue weighted by atomic mass is 35.7. The maximum Gasteiger partial charge on any atom is 0.264 e. The van der Waals surface area contributed by atoms with E-state index in [9.17, 15) is 8.42 Å². The SMILES string of the molecule is CCc1cc(Cn2nc(C)c(S(=O)(=O)Cl)c2C)n(C)n1. The van der Waals surface area contributed by atoms with Gasteiger partial charge in [0.1, 0.15) is 4.90 Å². The van der Waals surface area contributed by atoms with Crippen LogP contribution in [-0.2, 0) is 29.1 Å². The van der Waals surface area contributed by atoms with E-state index in [4.69, 9.17) is 10.7 Å². The summed E-state index contributed by atoms with van der Waals surface area (Å²) in [4.78, 5) is 0.0945. The van der Waals surface area contributed by atoms with Gasteiger partial charge in [0.05, 0.1) is 29.3 Å². The molecule has 6 nitrogen and oxygen atoms in total. The molecule has 2 heterocycles. The molecule has 20 heavy (non-hydrogen) atoms. The predicted molar refractivity (Wildman–Crippen MR) is 76.4 cm³/mol. The van der Waals surface area contributed by atoms with Gasteiger partial charge < -0.3 is 0 Å². The van der Waals surface area contributed by atoms with Crippen LogP contribution in [-0.4, -0.2) is 28.0 Å². The van der Waals surface area contributed by atoms with Crippen LogP contribution >= 0.6 is 10.7 Å². The van der Waals surface area contributed by atoms with Crippen molar-refractivity contribution in [2.75, 3.05) is 0 Å². The van der Waals surface area contributed by atoms with Gasteiger partial charge in [0, 0.05) is 17.7 Å². The van der Waals surface area contributed by atoms with Gasteiger partial charge in [-0.25, -0.2) is 8.42 Å². The van der Waals surface area contributed by atoms with Crippen LogP contribution in [0.4, 0.5) is 0 Å². The minimum atomic E-state index is -3.78. The third kappa shape index (κ3) is 2.73. The maximum atomic E-state index is 11.6. The first-order valence-corrected chi connectivity index (χ1v) is 8.55. The zero-order valence-electron chi connectivity index (χ0n) is 11.9. The molecule has 0 saturated carbocycles. The molecular weight excluding hydrogens is 300 g/mol. The normalized spacial score (nSPS) is 12.1. The molecule has 0 fully saturated rings. The van der Waals surface area contributed by atoms with Crippen LogP contribution in [0.2, 0.25) is 0 Å². The summed E-state index contributed by atoms with van der Waals surface area (Å²) in [5.74, 6) is 0. The largest absolute Gasteiger partial charge is 0.270 e. The number of halogens is 1. The molecule has 8 heteroatoms. The van der Waals surface area contributed by atoms with Crippen LogP contribution in [0.15, 0.2) is 11.0 Å². The summed E-state index contributed by atoms with van der Waals surface area (Å²) < 4.78 is 26.5. The van der Waals surface area contributed by atoms with E-state index in [1.165, 1.54) is 0 Å². The van der Waals surface area contributed by atoms with Crippen molar-refractivity contribution >= 4 is 19.7 Å². The van der Waals surface area contributed by atoms with Crippen molar-refractivity contribution in [3.8, 4) is 0 Å². The summed E-state index contributed by atoms with van der Waals surface area (Å²) in [5.41, 5.74) is 2.91. The standard InChI is InChI=1S/C12H17ClN4O2S/c1-5-10-6-11(16(4)15-10)7-17-9(3)12(8(2)14-17)20(13,18)19/h6H,5,7H2,1-4H3. The Morgan fingerprint density at radius 1 is 1.30 bits per heavy atom. The second-order valence-corrected chi connectivity index (χ2v) is 7.20. The fourth-order valence-electron chi connectivity index (χ4n) is 2.23. The minimum Gasteiger partial charge on any atom is -0.270 e. The molecule has 0 aromatic carbocycles. The van der Waals surface area contributed by atoms with Gasteiger partial charge >= 0.3 is 0 Å². The molecule has 0 atom stereocenters. The lowest BCUT2D eigenvalue weighted by Crippen LogP contribution is -2.08. The highest BCUT2D eigenvalue weighted by molar-refractivity contribution is 8.13. The average Bonchev–Trinajstić information content (AvgIpc) is 2.80. The second kappa shape index (κ2) is 5.21. The molecule has 0 aliphatic rings. The van der Waals surface area contributed by atoms with Crippen molar-refractivity contribution in [3.05, 3.63) is 28.8 Å². The van der Waals surface area contributed by atoms with E-state index >= 15 is 0 Å². The van der Waals surface area contributed by atoms with Crippen molar-refractivity contribution in [2.24, 2.45) is 7.05 Å². The molecule has 2 rings (SSSR count). The van der Waals surface area contributed by atoms with E-state index in [0.717, 1.165) is 17.8 Å². The average molecular weight is 317 g/mol. The molecule has 0 N–H and O–H groups in total. The number of rotatable bonds is 4. The summed E-state index contributed by atoms with van der Waals surface area (Å²) >= 11 is 0. The molecule has 0 amide bonds. The first-order chi connectivity index (χ1) is 9.24. The molecule has 2 aromatic rings. The fourth-order valence-corrected chi connectivity index (χ4v) is 3.75. The predicted octanol–water partition coefficient (Wildman–Crippen LogP) is 1.77. The lowest BCUT2D eigenvalue weighted by Gasteiger charge is -2.05. The third-order valence-electron chi connectivity index (χ3n) is 3.26. The molecule has 0 saturated heterocycles. The van der Waals surface area contributed by atoms with E-state index in [1.807, 2.05) is 20.0 Å². The van der Waals surface area contributed by atoms with Gasteiger partial charge in [0.25, 0.3) is 9.05 Å². The Hall–Kier alpha value is -1.34. The summed E-state index contributed by atoms with van der Waals surface area (Å²) in [6.45, 7) is 5.84. The highest BCUT2D eigenvalue weighted by Gasteiger charge is 2.22. The zero-order chi connectivity index (χ0) is 15.1. The van der Waals surface area contributed by atoms with Gasteiger partial charge in [-0.3, -0.25) is 9.36 Å². The Balaban J connectivity index is 2.42. The lowest BCUT2D eigenvalue weighted by molar-refractivity contribution is 0.598. The van der Waals surface area contributed by atoms with Crippen molar-refractivity contribution in [3.63, 3.8) is 0 Å². The van der Waals surface area contributed by atoms with Gasteiger partial charge in [-0.2, -0.15) is 10.2 Å². The van der Waals surface area contributed by atoms with Crippen molar-refractivity contribution in [1.82, 2.24) is 19.6 Å². The van der Waals surface area contributed by atoms with Gasteiger partial charge in [-0.05, 0) is 26.3 Å². The lowest BCUT2D eigenvalue weighted by atomic mass is 10.3. The molecule has 0 spiro atoms. The summed E-state index contributed by atoms with van der Waals surface area (Å²) in [7, 11) is 3.53. The number of aryl methyl sites for hydroxylation is 3. The molecule has 0 bridgehead atoms. The van der Waals surface area contributed by atoms with Crippen LogP contribution in [0.5, 0.6) is 0 Å². The highest BCUT2D eigenvalue weighted by Crippen LogP contribution is 2.23.